The average Bonchev–Trinajstić information content (AvgIpc) is 3.25. The van der Waals surface area contributed by atoms with Crippen molar-refractivity contribution in [3.63, 3.8) is 0 Å². The Balaban J connectivity index is 1.46. The molecule has 3 heterocycles. The fraction of sp³-hybridized carbons (Fsp3) is 0.286. The quantitative estimate of drug-likeness (QED) is 0.366. The molecule has 1 unspecified atom stereocenters. The summed E-state index contributed by atoms with van der Waals surface area (Å²) in [6.07, 6.45) is 0.774. The molecule has 1 aliphatic heterocycles. The number of amides is 2. The zero-order valence-corrected chi connectivity index (χ0v) is 19.4. The second-order valence-electron chi connectivity index (χ2n) is 7.85. The number of hydrogen-bond acceptors (Lipinski definition) is 8. The molecule has 190 valence electrons. The van der Waals surface area contributed by atoms with Crippen LogP contribution in [0.5, 0.6) is 5.88 Å². The number of H-pyrrole nitrogens is 1. The van der Waals surface area contributed by atoms with Gasteiger partial charge in [-0.2, -0.15) is 26.6 Å². The van der Waals surface area contributed by atoms with Gasteiger partial charge >= 0.3 is 15.6 Å². The summed E-state index contributed by atoms with van der Waals surface area (Å²) in [6, 6.07) is 10.6. The lowest BCUT2D eigenvalue weighted by Crippen LogP contribution is -2.47. The van der Waals surface area contributed by atoms with Gasteiger partial charge in [0.15, 0.2) is 0 Å². The molecule has 0 radical (unpaired) electrons. The third-order valence-corrected chi connectivity index (χ3v) is 6.27. The zero-order valence-electron chi connectivity index (χ0n) is 18.6. The molecule has 1 aliphatic rings. The lowest BCUT2D eigenvalue weighted by atomic mass is 10.1. The van der Waals surface area contributed by atoms with Crippen molar-refractivity contribution >= 4 is 27.8 Å². The Kier molecular flexibility index (Phi) is 6.67. The summed E-state index contributed by atoms with van der Waals surface area (Å²) >= 11 is 0. The van der Waals surface area contributed by atoms with Gasteiger partial charge in [-0.05, 0) is 30.0 Å². The van der Waals surface area contributed by atoms with Crippen LogP contribution in [0.1, 0.15) is 34.0 Å². The molecule has 0 spiro atoms. The maximum atomic E-state index is 13.0. The van der Waals surface area contributed by atoms with Crippen molar-refractivity contribution in [2.75, 3.05) is 11.9 Å². The Bertz CT molecular complexity index is 1390. The van der Waals surface area contributed by atoms with Crippen LogP contribution in [0.4, 0.5) is 19.0 Å². The van der Waals surface area contributed by atoms with E-state index < -0.39 is 39.4 Å². The molecule has 36 heavy (non-hydrogen) atoms. The number of likely N-dealkylation sites (N-methyl/N-ethyl adjacent to an activating group) is 1. The predicted octanol–water partition coefficient (Wildman–Crippen LogP) is 1.73. The minimum atomic E-state index is -5.93. The van der Waals surface area contributed by atoms with E-state index in [4.69, 9.17) is 0 Å². The van der Waals surface area contributed by atoms with Crippen LogP contribution in [-0.2, 0) is 27.8 Å². The number of nitrogens with one attached hydrogen (secondary N) is 2. The molecule has 11 nitrogen and oxygen atoms in total. The summed E-state index contributed by atoms with van der Waals surface area (Å²) in [6.45, 7) is 0. The predicted molar refractivity (Wildman–Crippen MR) is 118 cm³/mol. The minimum absolute atomic E-state index is 0.0883. The van der Waals surface area contributed by atoms with Crippen LogP contribution in [0, 0.1) is 0 Å². The number of rotatable bonds is 6. The summed E-state index contributed by atoms with van der Waals surface area (Å²) in [5.74, 6) is -1.96. The topological polar surface area (TPSA) is 147 Å². The number of carbonyl (C=O) groups excluding carboxylic acids is 2. The first-order valence-corrected chi connectivity index (χ1v) is 11.9. The van der Waals surface area contributed by atoms with Crippen LogP contribution in [0.25, 0.3) is 0 Å². The average molecular weight is 524 g/mol. The third kappa shape index (κ3) is 5.30. The number of carbonyl (C=O) groups is 2. The van der Waals surface area contributed by atoms with Crippen molar-refractivity contribution in [1.29, 1.82) is 0 Å². The number of nitrogens with zero attached hydrogens (tertiary/aromatic N) is 4. The van der Waals surface area contributed by atoms with Gasteiger partial charge in [0.25, 0.3) is 5.91 Å². The highest BCUT2D eigenvalue weighted by Crippen LogP contribution is 2.30. The van der Waals surface area contributed by atoms with Gasteiger partial charge in [0.1, 0.15) is 17.7 Å². The normalized spacial score (nSPS) is 16.3. The third-order valence-electron chi connectivity index (χ3n) is 5.31. The summed E-state index contributed by atoms with van der Waals surface area (Å²) in [7, 11) is -4.64. The van der Waals surface area contributed by atoms with Crippen molar-refractivity contribution in [2.45, 2.75) is 30.8 Å². The van der Waals surface area contributed by atoms with E-state index in [2.05, 4.69) is 29.7 Å². The van der Waals surface area contributed by atoms with Crippen molar-refractivity contribution < 1.29 is 35.4 Å². The second kappa shape index (κ2) is 9.56. The molecule has 0 bridgehead atoms. The number of aryl methyl sites for hydroxylation is 1. The summed E-state index contributed by atoms with van der Waals surface area (Å²) in [5.41, 5.74) is -4.24. The monoisotopic (exact) mass is 524 g/mol. The molecule has 2 amide bonds. The minimum Gasteiger partial charge on any atom is -0.355 e. The molecule has 0 saturated carbocycles. The largest absolute Gasteiger partial charge is 0.534 e. The summed E-state index contributed by atoms with van der Waals surface area (Å²) in [5, 5.41) is 9.14. The van der Waals surface area contributed by atoms with Crippen LogP contribution in [-0.4, -0.2) is 59.0 Å². The number of aromatic amines is 1. The van der Waals surface area contributed by atoms with Gasteiger partial charge in [0.05, 0.1) is 0 Å². The molecule has 2 aromatic heterocycles. The molecule has 1 atom stereocenters. The molecule has 0 aliphatic carbocycles. The van der Waals surface area contributed by atoms with Crippen molar-refractivity contribution in [3.05, 3.63) is 65.2 Å². The smallest absolute Gasteiger partial charge is 0.355 e. The number of pyridine rings is 1. The van der Waals surface area contributed by atoms with E-state index in [1.807, 2.05) is 30.3 Å². The summed E-state index contributed by atoms with van der Waals surface area (Å²) in [4.78, 5) is 34.6. The highest BCUT2D eigenvalue weighted by molar-refractivity contribution is 7.87. The lowest BCUT2D eigenvalue weighted by molar-refractivity contribution is -0.120. The van der Waals surface area contributed by atoms with Crippen LogP contribution in [0.3, 0.4) is 0 Å². The first-order valence-electron chi connectivity index (χ1n) is 10.5. The number of aromatic nitrogens is 4. The Labute approximate surface area is 202 Å². The van der Waals surface area contributed by atoms with E-state index in [0.29, 0.717) is 17.8 Å². The lowest BCUT2D eigenvalue weighted by Gasteiger charge is -2.21. The van der Waals surface area contributed by atoms with Gasteiger partial charge in [0.2, 0.25) is 17.6 Å². The van der Waals surface area contributed by atoms with Crippen LogP contribution >= 0.6 is 0 Å². The Morgan fingerprint density at radius 1 is 1.19 bits per heavy atom. The zero-order chi connectivity index (χ0) is 26.1. The molecule has 2 N–H and O–H groups in total. The molecular weight excluding hydrogens is 505 g/mol. The first-order chi connectivity index (χ1) is 16.9. The van der Waals surface area contributed by atoms with Gasteiger partial charge in [-0.1, -0.05) is 30.3 Å². The highest BCUT2D eigenvalue weighted by Gasteiger charge is 2.49. The molecule has 1 aromatic carbocycles. The van der Waals surface area contributed by atoms with E-state index in [1.54, 1.807) is 0 Å². The molecular formula is C21H19F3N6O5S. The van der Waals surface area contributed by atoms with E-state index >= 15 is 0 Å². The van der Waals surface area contributed by atoms with Gasteiger partial charge in [-0.25, -0.2) is 4.98 Å². The van der Waals surface area contributed by atoms with Crippen LogP contribution in [0.2, 0.25) is 0 Å². The SMILES string of the molecule is CN1C(=O)C(NC(=O)c2n[nH]c(Cc3ccccc3)n2)CCc2ccc(OS(=O)(=O)C(F)(F)F)nc21. The van der Waals surface area contributed by atoms with Crippen molar-refractivity contribution in [2.24, 2.45) is 0 Å². The molecule has 15 heteroatoms. The van der Waals surface area contributed by atoms with Gasteiger partial charge < -0.3 is 9.50 Å². The van der Waals surface area contributed by atoms with E-state index in [-0.39, 0.29) is 24.5 Å². The maximum Gasteiger partial charge on any atom is 0.534 e. The van der Waals surface area contributed by atoms with Crippen molar-refractivity contribution in [1.82, 2.24) is 25.5 Å². The number of anilines is 1. The molecule has 0 fully saturated rings. The number of fused-ring (bicyclic) bond motifs is 1. The molecule has 0 saturated heterocycles. The fourth-order valence-electron chi connectivity index (χ4n) is 3.53. The Hall–Kier alpha value is -4.01. The number of alkyl halides is 3. The Morgan fingerprint density at radius 3 is 2.61 bits per heavy atom. The first kappa shape index (κ1) is 25.1. The van der Waals surface area contributed by atoms with E-state index in [9.17, 15) is 31.2 Å². The van der Waals surface area contributed by atoms with Gasteiger partial charge in [-0.15, -0.1) is 5.10 Å². The highest BCUT2D eigenvalue weighted by atomic mass is 32.2. The molecule has 4 rings (SSSR count). The summed E-state index contributed by atoms with van der Waals surface area (Å²) < 4.78 is 64.5. The van der Waals surface area contributed by atoms with Gasteiger partial charge in [0, 0.05) is 19.5 Å². The fourth-order valence-corrected chi connectivity index (χ4v) is 3.95. The van der Waals surface area contributed by atoms with E-state index in [1.165, 1.54) is 13.1 Å². The number of benzene rings is 1. The second-order valence-corrected chi connectivity index (χ2v) is 9.38. The van der Waals surface area contributed by atoms with Crippen LogP contribution < -0.4 is 14.4 Å². The van der Waals surface area contributed by atoms with Crippen LogP contribution in [0.15, 0.2) is 42.5 Å². The Morgan fingerprint density at radius 2 is 1.92 bits per heavy atom. The van der Waals surface area contributed by atoms with Crippen molar-refractivity contribution in [3.8, 4) is 5.88 Å². The number of hydrogen-bond donors (Lipinski definition) is 2. The van der Waals surface area contributed by atoms with Gasteiger partial charge in [-0.3, -0.25) is 19.6 Å². The number of halogens is 3. The van der Waals surface area contributed by atoms with E-state index in [0.717, 1.165) is 16.5 Å². The molecule has 3 aromatic rings. The maximum absolute atomic E-state index is 13.0. The standard InChI is InChI=1S/C21H19F3N6O5S/c1-30-18-13(8-10-16(27-18)35-36(33,34)21(22,23)24)7-9-14(20(30)32)25-19(31)17-26-15(28-29-17)11-12-5-3-2-4-6-12/h2-6,8,10,14H,7,9,11H2,1H3,(H,25,31)(H,26,28,29).